The van der Waals surface area contributed by atoms with Gasteiger partial charge in [-0.3, -0.25) is 14.4 Å². The number of hydrogen-bond acceptors (Lipinski definition) is 5. The van der Waals surface area contributed by atoms with Crippen molar-refractivity contribution in [3.05, 3.63) is 72.6 Å². The van der Waals surface area contributed by atoms with Gasteiger partial charge in [0.15, 0.2) is 11.5 Å². The molecule has 8 nitrogen and oxygen atoms in total. The van der Waals surface area contributed by atoms with E-state index in [-0.39, 0.29) is 29.3 Å². The minimum absolute atomic E-state index is 0.138. The van der Waals surface area contributed by atoms with Crippen LogP contribution in [0.4, 0.5) is 11.4 Å². The number of furan rings is 2. The predicted molar refractivity (Wildman–Crippen MR) is 107 cm³/mol. The lowest BCUT2D eigenvalue weighted by atomic mass is 10.0. The summed E-state index contributed by atoms with van der Waals surface area (Å²) in [5.41, 5.74) is 1.08. The predicted octanol–water partition coefficient (Wildman–Crippen LogP) is 3.52. The molecule has 2 heterocycles. The number of hydrogen-bond donors (Lipinski definition) is 3. The van der Waals surface area contributed by atoms with Gasteiger partial charge in [-0.25, -0.2) is 0 Å². The largest absolute Gasteiger partial charge is 0.459 e. The van der Waals surface area contributed by atoms with Crippen LogP contribution in [0.2, 0.25) is 0 Å². The lowest BCUT2D eigenvalue weighted by molar-refractivity contribution is -0.118. The molecule has 3 aromatic rings. The Morgan fingerprint density at radius 1 is 0.759 bits per heavy atom. The van der Waals surface area contributed by atoms with Crippen molar-refractivity contribution in [2.75, 3.05) is 10.6 Å². The molecule has 0 radical (unpaired) electrons. The minimum Gasteiger partial charge on any atom is -0.459 e. The first-order chi connectivity index (χ1) is 13.9. The number of carbonyl (C=O) groups excluding carboxylic acids is 3. The SMILES string of the molecule is CC(C)C(NC(=O)c1ccco1)C(=O)Nc1ccc(NC(=O)c2ccco2)cc1. The smallest absolute Gasteiger partial charge is 0.291 e. The molecule has 0 bridgehead atoms. The fourth-order valence-corrected chi connectivity index (χ4v) is 2.61. The van der Waals surface area contributed by atoms with Gasteiger partial charge in [0.1, 0.15) is 6.04 Å². The van der Waals surface area contributed by atoms with Crippen LogP contribution in [-0.4, -0.2) is 23.8 Å². The first-order valence-corrected chi connectivity index (χ1v) is 9.04. The van der Waals surface area contributed by atoms with E-state index in [2.05, 4.69) is 16.0 Å². The molecule has 3 N–H and O–H groups in total. The summed E-state index contributed by atoms with van der Waals surface area (Å²) in [4.78, 5) is 36.8. The van der Waals surface area contributed by atoms with Crippen molar-refractivity contribution >= 4 is 29.1 Å². The molecule has 1 atom stereocenters. The second kappa shape index (κ2) is 8.92. The van der Waals surface area contributed by atoms with Crippen LogP contribution >= 0.6 is 0 Å². The van der Waals surface area contributed by atoms with E-state index in [1.165, 1.54) is 18.6 Å². The topological polar surface area (TPSA) is 114 Å². The van der Waals surface area contributed by atoms with Gasteiger partial charge < -0.3 is 24.8 Å². The summed E-state index contributed by atoms with van der Waals surface area (Å²) in [5, 5.41) is 8.14. The average Bonchev–Trinajstić information content (AvgIpc) is 3.40. The molecule has 0 aliphatic carbocycles. The molecule has 0 spiro atoms. The van der Waals surface area contributed by atoms with Crippen molar-refractivity contribution in [1.82, 2.24) is 5.32 Å². The van der Waals surface area contributed by atoms with Gasteiger partial charge in [-0.1, -0.05) is 13.8 Å². The maximum atomic E-state index is 12.6. The molecule has 3 rings (SSSR count). The van der Waals surface area contributed by atoms with E-state index >= 15 is 0 Å². The highest BCUT2D eigenvalue weighted by molar-refractivity contribution is 6.03. The van der Waals surface area contributed by atoms with Gasteiger partial charge in [0.2, 0.25) is 5.91 Å². The molecule has 0 aliphatic heterocycles. The fourth-order valence-electron chi connectivity index (χ4n) is 2.61. The highest BCUT2D eigenvalue weighted by atomic mass is 16.3. The van der Waals surface area contributed by atoms with Crippen LogP contribution in [-0.2, 0) is 4.79 Å². The van der Waals surface area contributed by atoms with Gasteiger partial charge in [-0.05, 0) is 54.4 Å². The van der Waals surface area contributed by atoms with E-state index in [9.17, 15) is 14.4 Å². The second-order valence-electron chi connectivity index (χ2n) is 6.67. The van der Waals surface area contributed by atoms with Gasteiger partial charge in [-0.15, -0.1) is 0 Å². The number of nitrogens with one attached hydrogen (secondary N) is 3. The number of anilines is 2. The van der Waals surface area contributed by atoms with E-state index in [0.29, 0.717) is 11.4 Å². The second-order valence-corrected chi connectivity index (χ2v) is 6.67. The monoisotopic (exact) mass is 395 g/mol. The number of benzene rings is 1. The Hall–Kier alpha value is -3.81. The third-order valence-electron chi connectivity index (χ3n) is 4.14. The zero-order valence-electron chi connectivity index (χ0n) is 16.0. The molecule has 29 heavy (non-hydrogen) atoms. The quantitative estimate of drug-likeness (QED) is 0.566. The lowest BCUT2D eigenvalue weighted by Gasteiger charge is -2.21. The summed E-state index contributed by atoms with van der Waals surface area (Å²) < 4.78 is 10.1. The summed E-state index contributed by atoms with van der Waals surface area (Å²) in [5.74, 6) is -0.977. The first-order valence-electron chi connectivity index (χ1n) is 9.04. The molecule has 0 saturated heterocycles. The highest BCUT2D eigenvalue weighted by Crippen LogP contribution is 2.16. The molecule has 2 aromatic heterocycles. The first kappa shape index (κ1) is 19.9. The molecule has 0 aliphatic rings. The van der Waals surface area contributed by atoms with Crippen LogP contribution in [0.15, 0.2) is 69.9 Å². The molecule has 0 saturated carbocycles. The Morgan fingerprint density at radius 2 is 1.28 bits per heavy atom. The van der Waals surface area contributed by atoms with Gasteiger partial charge in [0, 0.05) is 11.4 Å². The summed E-state index contributed by atoms with van der Waals surface area (Å²) in [6.07, 6.45) is 2.81. The van der Waals surface area contributed by atoms with Crippen molar-refractivity contribution in [1.29, 1.82) is 0 Å². The van der Waals surface area contributed by atoms with Crippen LogP contribution in [0, 0.1) is 5.92 Å². The molecular weight excluding hydrogens is 374 g/mol. The lowest BCUT2D eigenvalue weighted by Crippen LogP contribution is -2.47. The van der Waals surface area contributed by atoms with Gasteiger partial charge in [-0.2, -0.15) is 0 Å². The summed E-state index contributed by atoms with van der Waals surface area (Å²) >= 11 is 0. The van der Waals surface area contributed by atoms with Crippen LogP contribution < -0.4 is 16.0 Å². The zero-order chi connectivity index (χ0) is 20.8. The Balaban J connectivity index is 1.60. The van der Waals surface area contributed by atoms with Crippen LogP contribution in [0.1, 0.15) is 35.0 Å². The maximum absolute atomic E-state index is 12.6. The summed E-state index contributed by atoms with van der Waals surface area (Å²) in [6, 6.07) is 12.2. The Labute approximate surface area is 167 Å². The minimum atomic E-state index is -0.745. The van der Waals surface area contributed by atoms with Crippen molar-refractivity contribution in [2.45, 2.75) is 19.9 Å². The van der Waals surface area contributed by atoms with E-state index in [1.54, 1.807) is 42.5 Å². The molecule has 8 heteroatoms. The van der Waals surface area contributed by atoms with Crippen molar-refractivity contribution in [3.8, 4) is 0 Å². The van der Waals surface area contributed by atoms with E-state index in [0.717, 1.165) is 0 Å². The molecule has 3 amide bonds. The number of carbonyl (C=O) groups is 3. The van der Waals surface area contributed by atoms with Crippen molar-refractivity contribution < 1.29 is 23.2 Å². The third-order valence-corrected chi connectivity index (χ3v) is 4.14. The number of rotatable bonds is 7. The van der Waals surface area contributed by atoms with E-state index in [1.807, 2.05) is 13.8 Å². The van der Waals surface area contributed by atoms with Crippen LogP contribution in [0.25, 0.3) is 0 Å². The van der Waals surface area contributed by atoms with E-state index in [4.69, 9.17) is 8.83 Å². The molecule has 0 fully saturated rings. The molecule has 1 aromatic carbocycles. The van der Waals surface area contributed by atoms with Gasteiger partial charge in [0.05, 0.1) is 12.5 Å². The Kier molecular flexibility index (Phi) is 6.13. The number of amides is 3. The fraction of sp³-hybridized carbons (Fsp3) is 0.190. The Morgan fingerprint density at radius 3 is 1.76 bits per heavy atom. The van der Waals surface area contributed by atoms with E-state index < -0.39 is 11.9 Å². The highest BCUT2D eigenvalue weighted by Gasteiger charge is 2.25. The summed E-state index contributed by atoms with van der Waals surface area (Å²) in [6.45, 7) is 3.67. The van der Waals surface area contributed by atoms with Gasteiger partial charge >= 0.3 is 0 Å². The normalized spacial score (nSPS) is 11.7. The molecular formula is C21H21N3O5. The molecule has 150 valence electrons. The van der Waals surface area contributed by atoms with Crippen molar-refractivity contribution in [3.63, 3.8) is 0 Å². The van der Waals surface area contributed by atoms with Crippen LogP contribution in [0.5, 0.6) is 0 Å². The van der Waals surface area contributed by atoms with Gasteiger partial charge in [0.25, 0.3) is 11.8 Å². The third kappa shape index (κ3) is 5.13. The Bertz CT molecular complexity index is 960. The van der Waals surface area contributed by atoms with Crippen molar-refractivity contribution in [2.24, 2.45) is 5.92 Å². The standard InChI is InChI=1S/C21H21N3O5/c1-13(2)18(24-20(26)17-6-4-12-29-17)21(27)23-15-9-7-14(8-10-15)22-19(25)16-5-3-11-28-16/h3-13,18H,1-2H3,(H,22,25)(H,23,27)(H,24,26). The van der Waals surface area contributed by atoms with Crippen LogP contribution in [0.3, 0.4) is 0 Å². The zero-order valence-corrected chi connectivity index (χ0v) is 16.0. The average molecular weight is 395 g/mol. The molecule has 1 unspecified atom stereocenters. The maximum Gasteiger partial charge on any atom is 0.291 e. The summed E-state index contributed by atoms with van der Waals surface area (Å²) in [7, 11) is 0.